The number of amides is 1. The number of H-pyrrole nitrogens is 1. The van der Waals surface area contributed by atoms with E-state index in [2.05, 4.69) is 22.4 Å². The summed E-state index contributed by atoms with van der Waals surface area (Å²) in [6.07, 6.45) is 2.71. The zero-order valence-electron chi connectivity index (χ0n) is 24.2. The van der Waals surface area contributed by atoms with Gasteiger partial charge in [0.1, 0.15) is 11.4 Å². The van der Waals surface area contributed by atoms with Crippen LogP contribution in [0.4, 0.5) is 0 Å². The standard InChI is InChI=1S/C35H37N3O4/c1-38(2)21-20-36-34(39)27-13-5-9-24(23-27)18-19-26-12-6-15-29-30(33(35(40)41)37-32(26)29)16-8-22-42-31-17-7-11-25-10-3-4-14-28(25)31/h3-7,9-15,17,23,37H,8,16,18-22H2,1-2H3,(H,36,39)(H,40,41). The fraction of sp³-hybridized carbons (Fsp3) is 0.257. The zero-order chi connectivity index (χ0) is 29.5. The number of carboxylic acid groups (broad SMARTS) is 1. The Balaban J connectivity index is 1.26. The van der Waals surface area contributed by atoms with E-state index in [1.54, 1.807) is 0 Å². The maximum atomic E-state index is 12.6. The lowest BCUT2D eigenvalue weighted by atomic mass is 9.99. The number of hydrogen-bond donors (Lipinski definition) is 3. The summed E-state index contributed by atoms with van der Waals surface area (Å²) in [5, 5.41) is 16.1. The van der Waals surface area contributed by atoms with E-state index in [-0.39, 0.29) is 11.6 Å². The Morgan fingerprint density at radius 3 is 2.48 bits per heavy atom. The molecule has 0 unspecified atom stereocenters. The number of fused-ring (bicyclic) bond motifs is 2. The molecule has 0 spiro atoms. The van der Waals surface area contributed by atoms with E-state index in [1.165, 1.54) is 0 Å². The van der Waals surface area contributed by atoms with Crippen LogP contribution in [0.15, 0.2) is 84.9 Å². The number of ether oxygens (including phenoxy) is 1. The lowest BCUT2D eigenvalue weighted by molar-refractivity contribution is 0.0690. The SMILES string of the molecule is CN(C)CCNC(=O)c1cccc(CCc2cccc3c(CCCOc4cccc5ccccc45)c(C(=O)O)[nH]c23)c1. The highest BCUT2D eigenvalue weighted by molar-refractivity contribution is 5.98. The van der Waals surface area contributed by atoms with E-state index in [0.717, 1.165) is 57.1 Å². The number of nitrogens with zero attached hydrogens (tertiary/aromatic N) is 1. The molecule has 5 rings (SSSR count). The quantitative estimate of drug-likeness (QED) is 0.150. The molecule has 0 fully saturated rings. The van der Waals surface area contributed by atoms with E-state index in [1.807, 2.05) is 91.8 Å². The highest BCUT2D eigenvalue weighted by Gasteiger charge is 2.19. The summed E-state index contributed by atoms with van der Waals surface area (Å²) in [6.45, 7) is 1.86. The van der Waals surface area contributed by atoms with Crippen molar-refractivity contribution >= 4 is 33.6 Å². The van der Waals surface area contributed by atoms with Crippen LogP contribution in [0.1, 0.15) is 44.0 Å². The molecule has 5 aromatic rings. The van der Waals surface area contributed by atoms with Gasteiger partial charge in [0.05, 0.1) is 6.61 Å². The summed E-state index contributed by atoms with van der Waals surface area (Å²) in [5.74, 6) is -0.205. The Labute approximate surface area is 246 Å². The average Bonchev–Trinajstić information content (AvgIpc) is 3.38. The molecule has 0 atom stereocenters. The Morgan fingerprint density at radius 1 is 0.881 bits per heavy atom. The van der Waals surface area contributed by atoms with E-state index >= 15 is 0 Å². The third kappa shape index (κ3) is 6.81. The van der Waals surface area contributed by atoms with Crippen molar-refractivity contribution in [1.29, 1.82) is 0 Å². The van der Waals surface area contributed by atoms with Crippen LogP contribution in [-0.2, 0) is 19.3 Å². The molecule has 1 aromatic heterocycles. The smallest absolute Gasteiger partial charge is 0.352 e. The van der Waals surface area contributed by atoms with Gasteiger partial charge in [0, 0.05) is 34.9 Å². The molecule has 0 aliphatic heterocycles. The molecule has 42 heavy (non-hydrogen) atoms. The highest BCUT2D eigenvalue weighted by Crippen LogP contribution is 2.29. The Hall–Kier alpha value is -4.62. The number of para-hydroxylation sites is 1. The molecule has 1 heterocycles. The first kappa shape index (κ1) is 28.9. The van der Waals surface area contributed by atoms with Crippen molar-refractivity contribution in [2.45, 2.75) is 25.7 Å². The van der Waals surface area contributed by atoms with Crippen LogP contribution in [0.3, 0.4) is 0 Å². The molecule has 7 heteroatoms. The van der Waals surface area contributed by atoms with Crippen molar-refractivity contribution in [3.8, 4) is 5.75 Å². The second-order valence-electron chi connectivity index (χ2n) is 10.8. The molecule has 216 valence electrons. The van der Waals surface area contributed by atoms with E-state index in [4.69, 9.17) is 4.74 Å². The number of aromatic carboxylic acids is 1. The summed E-state index contributed by atoms with van der Waals surface area (Å²) in [5.41, 5.74) is 4.65. The summed E-state index contributed by atoms with van der Waals surface area (Å²) in [6, 6.07) is 27.8. The summed E-state index contributed by atoms with van der Waals surface area (Å²) >= 11 is 0. The maximum Gasteiger partial charge on any atom is 0.352 e. The number of aromatic nitrogens is 1. The molecule has 4 aromatic carbocycles. The summed E-state index contributed by atoms with van der Waals surface area (Å²) < 4.78 is 6.11. The number of aromatic amines is 1. The number of nitrogens with one attached hydrogen (secondary N) is 2. The molecule has 1 amide bonds. The first-order valence-electron chi connectivity index (χ1n) is 14.4. The minimum Gasteiger partial charge on any atom is -0.493 e. The second-order valence-corrected chi connectivity index (χ2v) is 10.8. The Morgan fingerprint density at radius 2 is 1.64 bits per heavy atom. The topological polar surface area (TPSA) is 94.7 Å². The molecule has 0 saturated carbocycles. The van der Waals surface area contributed by atoms with Gasteiger partial charge >= 0.3 is 5.97 Å². The van der Waals surface area contributed by atoms with Crippen molar-refractivity contribution in [1.82, 2.24) is 15.2 Å². The molecule has 3 N–H and O–H groups in total. The number of rotatable bonds is 13. The van der Waals surface area contributed by atoms with Crippen molar-refractivity contribution in [3.05, 3.63) is 113 Å². The molecule has 7 nitrogen and oxygen atoms in total. The predicted octanol–water partition coefficient (Wildman–Crippen LogP) is 6.11. The van der Waals surface area contributed by atoms with Gasteiger partial charge in [-0.25, -0.2) is 4.79 Å². The first-order valence-corrected chi connectivity index (χ1v) is 14.4. The largest absolute Gasteiger partial charge is 0.493 e. The van der Waals surface area contributed by atoms with Crippen molar-refractivity contribution < 1.29 is 19.4 Å². The van der Waals surface area contributed by atoms with Gasteiger partial charge in [0.2, 0.25) is 0 Å². The number of aryl methyl sites for hydroxylation is 3. The van der Waals surface area contributed by atoms with E-state index in [9.17, 15) is 14.7 Å². The maximum absolute atomic E-state index is 12.6. The van der Waals surface area contributed by atoms with Crippen molar-refractivity contribution in [2.75, 3.05) is 33.8 Å². The monoisotopic (exact) mass is 563 g/mol. The number of carbonyl (C=O) groups is 2. The average molecular weight is 564 g/mol. The third-order valence-electron chi connectivity index (χ3n) is 7.54. The van der Waals surface area contributed by atoms with Gasteiger partial charge in [-0.05, 0) is 80.1 Å². The van der Waals surface area contributed by atoms with Crippen LogP contribution in [0.2, 0.25) is 0 Å². The minimum absolute atomic E-state index is 0.0784. The van der Waals surface area contributed by atoms with Gasteiger partial charge in [-0.1, -0.05) is 66.7 Å². The fourth-order valence-corrected chi connectivity index (χ4v) is 5.38. The number of benzene rings is 4. The Kier molecular flexibility index (Phi) is 9.19. The zero-order valence-corrected chi connectivity index (χ0v) is 24.2. The van der Waals surface area contributed by atoms with Crippen molar-refractivity contribution in [3.63, 3.8) is 0 Å². The third-order valence-corrected chi connectivity index (χ3v) is 7.54. The molecular weight excluding hydrogens is 526 g/mol. The van der Waals surface area contributed by atoms with Crippen LogP contribution in [0.5, 0.6) is 5.75 Å². The second kappa shape index (κ2) is 13.4. The molecular formula is C35H37N3O4. The van der Waals surface area contributed by atoms with Crippen LogP contribution in [0, 0.1) is 0 Å². The predicted molar refractivity (Wildman–Crippen MR) is 168 cm³/mol. The van der Waals surface area contributed by atoms with Crippen LogP contribution in [0.25, 0.3) is 21.7 Å². The highest BCUT2D eigenvalue weighted by atomic mass is 16.5. The van der Waals surface area contributed by atoms with E-state index < -0.39 is 5.97 Å². The molecule has 0 saturated heterocycles. The number of carboxylic acids is 1. The fourth-order valence-electron chi connectivity index (χ4n) is 5.38. The van der Waals surface area contributed by atoms with Crippen LogP contribution < -0.4 is 10.1 Å². The molecule has 0 aliphatic carbocycles. The van der Waals surface area contributed by atoms with Gasteiger partial charge in [0.15, 0.2) is 0 Å². The minimum atomic E-state index is -0.963. The van der Waals surface area contributed by atoms with Gasteiger partial charge in [-0.15, -0.1) is 0 Å². The van der Waals surface area contributed by atoms with Gasteiger partial charge in [-0.2, -0.15) is 0 Å². The van der Waals surface area contributed by atoms with Gasteiger partial charge in [0.25, 0.3) is 5.91 Å². The molecule has 0 aliphatic rings. The summed E-state index contributed by atoms with van der Waals surface area (Å²) in [7, 11) is 3.95. The van der Waals surface area contributed by atoms with E-state index in [0.29, 0.717) is 38.0 Å². The lowest BCUT2D eigenvalue weighted by Gasteiger charge is -2.11. The first-order chi connectivity index (χ1) is 20.4. The van der Waals surface area contributed by atoms with Crippen LogP contribution >= 0.6 is 0 Å². The Bertz CT molecular complexity index is 1700. The van der Waals surface area contributed by atoms with Crippen molar-refractivity contribution in [2.24, 2.45) is 0 Å². The van der Waals surface area contributed by atoms with Gasteiger partial charge < -0.3 is 25.0 Å². The lowest BCUT2D eigenvalue weighted by Crippen LogP contribution is -2.31. The molecule has 0 bridgehead atoms. The van der Waals surface area contributed by atoms with Crippen LogP contribution in [-0.4, -0.2) is 60.7 Å². The number of hydrogen-bond acceptors (Lipinski definition) is 4. The summed E-state index contributed by atoms with van der Waals surface area (Å²) in [4.78, 5) is 30.0. The van der Waals surface area contributed by atoms with Gasteiger partial charge in [-0.3, -0.25) is 4.79 Å². The number of carbonyl (C=O) groups excluding carboxylic acids is 1. The normalized spacial score (nSPS) is 11.3. The molecule has 0 radical (unpaired) electrons. The number of likely N-dealkylation sites (N-methyl/N-ethyl adjacent to an activating group) is 1.